The molecule has 3 heterocycles. The zero-order chi connectivity index (χ0) is 17.3. The molecule has 0 aliphatic heterocycles. The summed E-state index contributed by atoms with van der Waals surface area (Å²) in [5.41, 5.74) is 1.91. The molecule has 1 N–H and O–H groups in total. The van der Waals surface area contributed by atoms with Gasteiger partial charge in [0.15, 0.2) is 5.82 Å². The zero-order valence-corrected chi connectivity index (χ0v) is 14.4. The van der Waals surface area contributed by atoms with Gasteiger partial charge in [-0.2, -0.15) is 10.2 Å². The number of aromatic nitrogens is 5. The van der Waals surface area contributed by atoms with E-state index >= 15 is 0 Å². The van der Waals surface area contributed by atoms with Crippen LogP contribution in [0.2, 0.25) is 0 Å². The summed E-state index contributed by atoms with van der Waals surface area (Å²) < 4.78 is 31.0. The van der Waals surface area contributed by atoms with Gasteiger partial charge in [0.05, 0.1) is 29.5 Å². The number of hydrogen-bond donors (Lipinski definition) is 1. The van der Waals surface area contributed by atoms with E-state index in [2.05, 4.69) is 19.9 Å². The zero-order valence-electron chi connectivity index (χ0n) is 13.6. The van der Waals surface area contributed by atoms with E-state index in [0.717, 1.165) is 5.69 Å². The fraction of sp³-hybridized carbons (Fsp3) is 0.267. The SMILES string of the molecule is CCn1nc(C)c(NS(=O)(=O)c2cnn(-c3ccccn3)c2)c1C. The summed E-state index contributed by atoms with van der Waals surface area (Å²) in [4.78, 5) is 4.21. The lowest BCUT2D eigenvalue weighted by Crippen LogP contribution is -2.13. The Morgan fingerprint density at radius 2 is 2.04 bits per heavy atom. The smallest absolute Gasteiger partial charge is 0.265 e. The van der Waals surface area contributed by atoms with E-state index in [9.17, 15) is 8.42 Å². The monoisotopic (exact) mass is 346 g/mol. The van der Waals surface area contributed by atoms with Crippen LogP contribution in [-0.4, -0.2) is 33.0 Å². The maximum atomic E-state index is 12.6. The van der Waals surface area contributed by atoms with Crippen molar-refractivity contribution in [2.75, 3.05) is 4.72 Å². The van der Waals surface area contributed by atoms with Gasteiger partial charge in [0.2, 0.25) is 0 Å². The number of sulfonamides is 1. The Hall–Kier alpha value is -2.68. The van der Waals surface area contributed by atoms with Gasteiger partial charge in [-0.05, 0) is 32.9 Å². The highest BCUT2D eigenvalue weighted by Gasteiger charge is 2.21. The van der Waals surface area contributed by atoms with Crippen LogP contribution in [0.25, 0.3) is 5.82 Å². The topological polar surface area (TPSA) is 94.7 Å². The van der Waals surface area contributed by atoms with E-state index in [1.54, 1.807) is 29.9 Å². The fourth-order valence-electron chi connectivity index (χ4n) is 2.41. The third-order valence-electron chi connectivity index (χ3n) is 3.67. The highest BCUT2D eigenvalue weighted by Crippen LogP contribution is 2.23. The largest absolute Gasteiger partial charge is 0.276 e. The van der Waals surface area contributed by atoms with Crippen LogP contribution in [0.3, 0.4) is 0 Å². The Kier molecular flexibility index (Phi) is 4.10. The summed E-state index contributed by atoms with van der Waals surface area (Å²) >= 11 is 0. The lowest BCUT2D eigenvalue weighted by atomic mass is 10.3. The molecule has 0 amide bonds. The van der Waals surface area contributed by atoms with Crippen molar-refractivity contribution < 1.29 is 8.42 Å². The normalized spacial score (nSPS) is 11.6. The molecule has 0 atom stereocenters. The Labute approximate surface area is 140 Å². The third-order valence-corrected chi connectivity index (χ3v) is 4.97. The van der Waals surface area contributed by atoms with Crippen molar-refractivity contribution in [1.29, 1.82) is 0 Å². The molecule has 0 aliphatic rings. The molecule has 3 aromatic rings. The van der Waals surface area contributed by atoms with Crippen molar-refractivity contribution in [2.45, 2.75) is 32.2 Å². The lowest BCUT2D eigenvalue weighted by Gasteiger charge is -2.07. The molecule has 0 spiro atoms. The van der Waals surface area contributed by atoms with Gasteiger partial charge in [-0.3, -0.25) is 9.40 Å². The fourth-order valence-corrected chi connectivity index (χ4v) is 3.51. The van der Waals surface area contributed by atoms with Gasteiger partial charge in [0, 0.05) is 12.7 Å². The summed E-state index contributed by atoms with van der Waals surface area (Å²) in [7, 11) is -3.75. The molecule has 126 valence electrons. The summed E-state index contributed by atoms with van der Waals surface area (Å²) in [6.45, 7) is 6.23. The van der Waals surface area contributed by atoms with Crippen molar-refractivity contribution in [3.8, 4) is 5.82 Å². The van der Waals surface area contributed by atoms with Crippen molar-refractivity contribution >= 4 is 15.7 Å². The van der Waals surface area contributed by atoms with Crippen LogP contribution in [0.1, 0.15) is 18.3 Å². The lowest BCUT2D eigenvalue weighted by molar-refractivity contribution is 0.601. The number of nitrogens with one attached hydrogen (secondary N) is 1. The highest BCUT2D eigenvalue weighted by molar-refractivity contribution is 7.92. The molecule has 0 bridgehead atoms. The first-order chi connectivity index (χ1) is 11.4. The second-order valence-electron chi connectivity index (χ2n) is 5.28. The Bertz CT molecular complexity index is 959. The number of pyridine rings is 1. The minimum absolute atomic E-state index is 0.0659. The molecule has 3 aromatic heterocycles. The van der Waals surface area contributed by atoms with Gasteiger partial charge in [-0.15, -0.1) is 0 Å². The van der Waals surface area contributed by atoms with Gasteiger partial charge in [0.1, 0.15) is 4.90 Å². The average Bonchev–Trinajstić information content (AvgIpc) is 3.17. The quantitative estimate of drug-likeness (QED) is 0.761. The van der Waals surface area contributed by atoms with E-state index in [-0.39, 0.29) is 4.90 Å². The van der Waals surface area contributed by atoms with Gasteiger partial charge in [-0.1, -0.05) is 6.07 Å². The molecular formula is C15H18N6O2S. The first-order valence-electron chi connectivity index (χ1n) is 7.45. The number of nitrogens with zero attached hydrogens (tertiary/aromatic N) is 5. The summed E-state index contributed by atoms with van der Waals surface area (Å²) in [5, 5.41) is 8.39. The Morgan fingerprint density at radius 1 is 1.25 bits per heavy atom. The third kappa shape index (κ3) is 2.90. The van der Waals surface area contributed by atoms with Gasteiger partial charge in [-0.25, -0.2) is 18.1 Å². The summed E-state index contributed by atoms with van der Waals surface area (Å²) in [5.74, 6) is 0.546. The summed E-state index contributed by atoms with van der Waals surface area (Å²) in [6, 6.07) is 5.34. The maximum absolute atomic E-state index is 12.6. The Balaban J connectivity index is 1.92. The second kappa shape index (κ2) is 6.08. The molecule has 0 saturated carbocycles. The van der Waals surface area contributed by atoms with Crippen LogP contribution in [-0.2, 0) is 16.6 Å². The van der Waals surface area contributed by atoms with E-state index in [4.69, 9.17) is 0 Å². The van der Waals surface area contributed by atoms with Crippen LogP contribution in [0.15, 0.2) is 41.7 Å². The van der Waals surface area contributed by atoms with Crippen LogP contribution in [0.5, 0.6) is 0 Å². The van der Waals surface area contributed by atoms with E-state index in [0.29, 0.717) is 23.7 Å². The first kappa shape index (κ1) is 16.2. The molecule has 0 aromatic carbocycles. The van der Waals surface area contributed by atoms with Gasteiger partial charge < -0.3 is 0 Å². The van der Waals surface area contributed by atoms with Crippen molar-refractivity contribution in [2.24, 2.45) is 0 Å². The maximum Gasteiger partial charge on any atom is 0.265 e. The molecule has 0 saturated heterocycles. The predicted molar refractivity (Wildman–Crippen MR) is 89.5 cm³/mol. The van der Waals surface area contributed by atoms with Crippen molar-refractivity contribution in [3.63, 3.8) is 0 Å². The number of aryl methyl sites for hydroxylation is 2. The molecular weight excluding hydrogens is 328 g/mol. The predicted octanol–water partition coefficient (Wildman–Crippen LogP) is 1.90. The first-order valence-corrected chi connectivity index (χ1v) is 8.93. The van der Waals surface area contributed by atoms with Crippen molar-refractivity contribution in [3.05, 3.63) is 48.2 Å². The number of anilines is 1. The van der Waals surface area contributed by atoms with Gasteiger partial charge >= 0.3 is 0 Å². The molecule has 0 radical (unpaired) electrons. The van der Waals surface area contributed by atoms with Crippen LogP contribution in [0, 0.1) is 13.8 Å². The van der Waals surface area contributed by atoms with E-state index in [1.165, 1.54) is 17.1 Å². The molecule has 3 rings (SSSR count). The second-order valence-corrected chi connectivity index (χ2v) is 6.96. The van der Waals surface area contributed by atoms with Crippen molar-refractivity contribution in [1.82, 2.24) is 24.5 Å². The molecule has 0 fully saturated rings. The molecule has 0 unspecified atom stereocenters. The van der Waals surface area contributed by atoms with Crippen LogP contribution in [0.4, 0.5) is 5.69 Å². The van der Waals surface area contributed by atoms with E-state index < -0.39 is 10.0 Å². The molecule has 0 aliphatic carbocycles. The van der Waals surface area contributed by atoms with Gasteiger partial charge in [0.25, 0.3) is 10.0 Å². The Morgan fingerprint density at radius 3 is 2.67 bits per heavy atom. The molecule has 8 nitrogen and oxygen atoms in total. The van der Waals surface area contributed by atoms with E-state index in [1.807, 2.05) is 19.9 Å². The summed E-state index contributed by atoms with van der Waals surface area (Å²) in [6.07, 6.45) is 4.35. The molecule has 9 heteroatoms. The minimum Gasteiger partial charge on any atom is -0.276 e. The standard InChI is InChI=1S/C15H18N6O2S/c1-4-20-12(3)15(11(2)18-20)19-24(22,23)13-9-17-21(10-13)14-7-5-6-8-16-14/h5-10,19H,4H2,1-3H3. The number of rotatable bonds is 5. The minimum atomic E-state index is -3.75. The molecule has 24 heavy (non-hydrogen) atoms. The highest BCUT2D eigenvalue weighted by atomic mass is 32.2. The van der Waals surface area contributed by atoms with Crippen LogP contribution < -0.4 is 4.72 Å². The average molecular weight is 346 g/mol. The van der Waals surface area contributed by atoms with Crippen LogP contribution >= 0.6 is 0 Å². The number of hydrogen-bond acceptors (Lipinski definition) is 5.